The maximum Gasteiger partial charge on any atom is 0.188 e. The number of aliphatic imine (C=N–C) groups is 1. The van der Waals surface area contributed by atoms with Crippen molar-refractivity contribution in [3.63, 3.8) is 0 Å². The first-order valence-corrected chi connectivity index (χ1v) is 5.84. The largest absolute Gasteiger partial charge is 0.382 e. The fourth-order valence-corrected chi connectivity index (χ4v) is 1.06. The van der Waals surface area contributed by atoms with Crippen molar-refractivity contribution < 1.29 is 4.74 Å². The minimum atomic E-state index is 0.400. The quantitative estimate of drug-likeness (QED) is 0.366. The van der Waals surface area contributed by atoms with E-state index in [4.69, 9.17) is 10.5 Å². The van der Waals surface area contributed by atoms with E-state index >= 15 is 0 Å². The third-order valence-corrected chi connectivity index (χ3v) is 2.19. The van der Waals surface area contributed by atoms with Crippen molar-refractivity contribution in [2.75, 3.05) is 19.8 Å². The molecule has 0 aliphatic rings. The Morgan fingerprint density at radius 2 is 2.13 bits per heavy atom. The van der Waals surface area contributed by atoms with Gasteiger partial charge >= 0.3 is 0 Å². The Hall–Kier alpha value is -0.770. The van der Waals surface area contributed by atoms with E-state index in [9.17, 15) is 0 Å². The van der Waals surface area contributed by atoms with Gasteiger partial charge in [0, 0.05) is 25.8 Å². The van der Waals surface area contributed by atoms with Gasteiger partial charge in [0.1, 0.15) is 0 Å². The molecule has 0 aromatic rings. The van der Waals surface area contributed by atoms with Crippen LogP contribution in [0.1, 0.15) is 40.0 Å². The van der Waals surface area contributed by atoms with Crippen LogP contribution in [0.2, 0.25) is 0 Å². The molecule has 0 amide bonds. The molecule has 0 aromatic heterocycles. The van der Waals surface area contributed by atoms with Crippen molar-refractivity contribution >= 4 is 5.96 Å². The third-order valence-electron chi connectivity index (χ3n) is 2.19. The molecule has 15 heavy (non-hydrogen) atoms. The van der Waals surface area contributed by atoms with Crippen LogP contribution in [0.4, 0.5) is 0 Å². The van der Waals surface area contributed by atoms with Crippen LogP contribution in [0.5, 0.6) is 0 Å². The van der Waals surface area contributed by atoms with Gasteiger partial charge in [0.05, 0.1) is 0 Å². The lowest BCUT2D eigenvalue weighted by molar-refractivity contribution is 0.144. The zero-order chi connectivity index (χ0) is 11.5. The SMILES string of the molecule is CCOCCCCN=C(N)NC(C)CC. The number of nitrogens with one attached hydrogen (secondary N) is 1. The van der Waals surface area contributed by atoms with Crippen LogP contribution in [0.15, 0.2) is 4.99 Å². The Bertz CT molecular complexity index is 171. The molecule has 0 fully saturated rings. The molecule has 0 aliphatic carbocycles. The molecule has 1 unspecified atom stereocenters. The Morgan fingerprint density at radius 3 is 2.73 bits per heavy atom. The minimum Gasteiger partial charge on any atom is -0.382 e. The average molecular weight is 215 g/mol. The van der Waals surface area contributed by atoms with E-state index in [1.165, 1.54) is 0 Å². The maximum atomic E-state index is 5.70. The first-order valence-electron chi connectivity index (χ1n) is 5.84. The lowest BCUT2D eigenvalue weighted by Gasteiger charge is -2.11. The van der Waals surface area contributed by atoms with E-state index in [2.05, 4.69) is 24.2 Å². The third kappa shape index (κ3) is 9.53. The lowest BCUT2D eigenvalue weighted by Crippen LogP contribution is -2.38. The molecule has 1 atom stereocenters. The summed E-state index contributed by atoms with van der Waals surface area (Å²) in [6.45, 7) is 8.62. The molecule has 0 aromatic carbocycles. The molecule has 0 rings (SSSR count). The summed E-state index contributed by atoms with van der Waals surface area (Å²) in [7, 11) is 0. The van der Waals surface area contributed by atoms with Gasteiger partial charge in [0.25, 0.3) is 0 Å². The van der Waals surface area contributed by atoms with E-state index in [0.717, 1.165) is 39.0 Å². The van der Waals surface area contributed by atoms with Gasteiger partial charge in [-0.05, 0) is 33.1 Å². The van der Waals surface area contributed by atoms with Crippen molar-refractivity contribution in [2.45, 2.75) is 46.1 Å². The molecule has 0 spiro atoms. The molecule has 0 radical (unpaired) electrons. The summed E-state index contributed by atoms with van der Waals surface area (Å²) in [5.41, 5.74) is 5.70. The predicted octanol–water partition coefficient (Wildman–Crippen LogP) is 1.51. The van der Waals surface area contributed by atoms with Gasteiger partial charge in [-0.3, -0.25) is 4.99 Å². The Kier molecular flexibility index (Phi) is 9.27. The number of nitrogens with zero attached hydrogens (tertiary/aromatic N) is 1. The molecular formula is C11H25N3O. The lowest BCUT2D eigenvalue weighted by atomic mass is 10.3. The van der Waals surface area contributed by atoms with Crippen molar-refractivity contribution in [3.05, 3.63) is 0 Å². The highest BCUT2D eigenvalue weighted by Gasteiger charge is 1.97. The number of hydrogen-bond acceptors (Lipinski definition) is 2. The normalized spacial score (nSPS) is 13.9. The van der Waals surface area contributed by atoms with Crippen LogP contribution in [-0.2, 0) is 4.74 Å². The second kappa shape index (κ2) is 9.77. The van der Waals surface area contributed by atoms with E-state index in [0.29, 0.717) is 12.0 Å². The van der Waals surface area contributed by atoms with Crippen molar-refractivity contribution in [3.8, 4) is 0 Å². The first-order chi connectivity index (χ1) is 7.20. The highest BCUT2D eigenvalue weighted by atomic mass is 16.5. The second-order valence-corrected chi connectivity index (χ2v) is 3.62. The Morgan fingerprint density at radius 1 is 1.40 bits per heavy atom. The van der Waals surface area contributed by atoms with Gasteiger partial charge in [-0.25, -0.2) is 0 Å². The molecule has 3 N–H and O–H groups in total. The smallest absolute Gasteiger partial charge is 0.188 e. The average Bonchev–Trinajstić information content (AvgIpc) is 2.23. The maximum absolute atomic E-state index is 5.70. The molecule has 0 bridgehead atoms. The molecular weight excluding hydrogens is 190 g/mol. The van der Waals surface area contributed by atoms with Crippen LogP contribution < -0.4 is 11.1 Å². The zero-order valence-electron chi connectivity index (χ0n) is 10.3. The first kappa shape index (κ1) is 14.2. The highest BCUT2D eigenvalue weighted by Crippen LogP contribution is 1.91. The summed E-state index contributed by atoms with van der Waals surface area (Å²) in [6, 6.07) is 0.400. The number of nitrogens with two attached hydrogens (primary N) is 1. The monoisotopic (exact) mass is 215 g/mol. The van der Waals surface area contributed by atoms with Crippen molar-refractivity contribution in [2.24, 2.45) is 10.7 Å². The summed E-state index contributed by atoms with van der Waals surface area (Å²) >= 11 is 0. The number of unbranched alkanes of at least 4 members (excludes halogenated alkanes) is 1. The summed E-state index contributed by atoms with van der Waals surface area (Å²) in [4.78, 5) is 4.24. The molecule has 0 saturated carbocycles. The number of guanidine groups is 1. The van der Waals surface area contributed by atoms with Gasteiger partial charge in [0.2, 0.25) is 0 Å². The summed E-state index contributed by atoms with van der Waals surface area (Å²) < 4.78 is 5.23. The summed E-state index contributed by atoms with van der Waals surface area (Å²) in [5.74, 6) is 0.556. The fourth-order valence-electron chi connectivity index (χ4n) is 1.06. The minimum absolute atomic E-state index is 0.400. The van der Waals surface area contributed by atoms with E-state index in [1.54, 1.807) is 0 Å². The number of ether oxygens (including phenoxy) is 1. The van der Waals surface area contributed by atoms with Crippen LogP contribution in [0, 0.1) is 0 Å². The molecule has 0 aliphatic heterocycles. The number of rotatable bonds is 8. The molecule has 4 nitrogen and oxygen atoms in total. The van der Waals surface area contributed by atoms with Crippen LogP contribution in [-0.4, -0.2) is 31.8 Å². The molecule has 90 valence electrons. The van der Waals surface area contributed by atoms with Crippen molar-refractivity contribution in [1.82, 2.24) is 5.32 Å². The fraction of sp³-hybridized carbons (Fsp3) is 0.909. The Labute approximate surface area is 93.3 Å². The van der Waals surface area contributed by atoms with E-state index < -0.39 is 0 Å². The Balaban J connectivity index is 3.41. The van der Waals surface area contributed by atoms with Gasteiger partial charge in [-0.2, -0.15) is 0 Å². The highest BCUT2D eigenvalue weighted by molar-refractivity contribution is 5.78. The molecule has 0 saturated heterocycles. The van der Waals surface area contributed by atoms with Gasteiger partial charge < -0.3 is 15.8 Å². The van der Waals surface area contributed by atoms with Gasteiger partial charge in [-0.1, -0.05) is 6.92 Å². The van der Waals surface area contributed by atoms with E-state index in [-0.39, 0.29) is 0 Å². The van der Waals surface area contributed by atoms with E-state index in [1.807, 2.05) is 6.92 Å². The standard InChI is InChI=1S/C11H25N3O/c1-4-10(3)14-11(12)13-8-6-7-9-15-5-2/h10H,4-9H2,1-3H3,(H3,12,13,14). The van der Waals surface area contributed by atoms with Crippen molar-refractivity contribution in [1.29, 1.82) is 0 Å². The summed E-state index contributed by atoms with van der Waals surface area (Å²) in [5, 5.41) is 3.13. The van der Waals surface area contributed by atoms with Gasteiger partial charge in [-0.15, -0.1) is 0 Å². The predicted molar refractivity (Wildman–Crippen MR) is 65.1 cm³/mol. The molecule has 4 heteroatoms. The van der Waals surface area contributed by atoms with Gasteiger partial charge in [0.15, 0.2) is 5.96 Å². The van der Waals surface area contributed by atoms with Crippen LogP contribution in [0.3, 0.4) is 0 Å². The summed E-state index contributed by atoms with van der Waals surface area (Å²) in [6.07, 6.45) is 3.14. The number of hydrogen-bond donors (Lipinski definition) is 2. The zero-order valence-corrected chi connectivity index (χ0v) is 10.3. The second-order valence-electron chi connectivity index (χ2n) is 3.62. The van der Waals surface area contributed by atoms with Crippen LogP contribution in [0.25, 0.3) is 0 Å². The topological polar surface area (TPSA) is 59.6 Å². The molecule has 0 heterocycles. The van der Waals surface area contributed by atoms with Crippen LogP contribution >= 0.6 is 0 Å².